The van der Waals surface area contributed by atoms with Gasteiger partial charge < -0.3 is 4.89 Å². The lowest BCUT2D eigenvalue weighted by Crippen LogP contribution is -2.39. The van der Waals surface area contributed by atoms with Gasteiger partial charge in [-0.05, 0) is 30.6 Å². The lowest BCUT2D eigenvalue weighted by molar-refractivity contribution is -0.244. The molecule has 1 saturated carbocycles. The molecule has 1 rings (SSSR count). The van der Waals surface area contributed by atoms with E-state index in [2.05, 4.69) is 25.7 Å². The van der Waals surface area contributed by atoms with Gasteiger partial charge >= 0.3 is 5.97 Å². The molecule has 0 aromatic rings. The number of unbranched alkanes of at least 4 members (excludes halogenated alkanes) is 1. The Morgan fingerprint density at radius 2 is 1.94 bits per heavy atom. The molecular formula is C15H28O3. The van der Waals surface area contributed by atoms with E-state index < -0.39 is 5.97 Å². The molecule has 1 aliphatic rings. The molecule has 0 amide bonds. The standard InChI is InChI=1S/C15H28O3/c1-4-5-11-13(14(16)18-17)15(2,3)12-9-7-6-8-10-12/h12-13,17H,4-11H2,1-3H3. The largest absolute Gasteiger partial charge is 0.345 e. The Balaban J connectivity index is 2.76. The molecular weight excluding hydrogens is 228 g/mol. The monoisotopic (exact) mass is 256 g/mol. The highest BCUT2D eigenvalue weighted by Crippen LogP contribution is 2.45. The van der Waals surface area contributed by atoms with Gasteiger partial charge in [0.15, 0.2) is 0 Å². The van der Waals surface area contributed by atoms with Crippen LogP contribution in [0, 0.1) is 17.3 Å². The maximum atomic E-state index is 11.8. The van der Waals surface area contributed by atoms with Gasteiger partial charge in [0.05, 0.1) is 5.92 Å². The van der Waals surface area contributed by atoms with Crippen molar-refractivity contribution in [3.05, 3.63) is 0 Å². The first-order valence-corrected chi connectivity index (χ1v) is 7.39. The normalized spacial score (nSPS) is 19.6. The highest BCUT2D eigenvalue weighted by molar-refractivity contribution is 5.72. The average Bonchev–Trinajstić information content (AvgIpc) is 2.39. The molecule has 0 aromatic heterocycles. The second-order valence-corrected chi connectivity index (χ2v) is 6.26. The van der Waals surface area contributed by atoms with Gasteiger partial charge in [0.25, 0.3) is 0 Å². The number of hydrogen-bond donors (Lipinski definition) is 1. The number of rotatable bonds is 6. The summed E-state index contributed by atoms with van der Waals surface area (Å²) in [6, 6.07) is 0. The van der Waals surface area contributed by atoms with Crippen LogP contribution in [0.1, 0.15) is 72.1 Å². The Kier molecular flexibility index (Phi) is 6.13. The Bertz CT molecular complexity index is 254. The molecule has 0 spiro atoms. The topological polar surface area (TPSA) is 46.5 Å². The van der Waals surface area contributed by atoms with Crippen LogP contribution < -0.4 is 0 Å². The van der Waals surface area contributed by atoms with Crippen LogP contribution in [0.2, 0.25) is 0 Å². The lowest BCUT2D eigenvalue weighted by Gasteiger charge is -2.41. The SMILES string of the molecule is CCCCC(C(=O)OO)C(C)(C)C1CCCCC1. The van der Waals surface area contributed by atoms with E-state index in [1.807, 2.05) is 0 Å². The zero-order valence-electron chi connectivity index (χ0n) is 12.1. The Labute approximate surface area is 111 Å². The van der Waals surface area contributed by atoms with Crippen LogP contribution in [0.5, 0.6) is 0 Å². The lowest BCUT2D eigenvalue weighted by atomic mass is 9.63. The summed E-state index contributed by atoms with van der Waals surface area (Å²) >= 11 is 0. The molecule has 18 heavy (non-hydrogen) atoms. The first kappa shape index (κ1) is 15.5. The molecule has 1 atom stereocenters. The summed E-state index contributed by atoms with van der Waals surface area (Å²) in [7, 11) is 0. The van der Waals surface area contributed by atoms with Gasteiger partial charge in [0.2, 0.25) is 0 Å². The first-order valence-electron chi connectivity index (χ1n) is 7.39. The number of hydrogen-bond acceptors (Lipinski definition) is 3. The third-order valence-electron chi connectivity index (χ3n) is 4.78. The fourth-order valence-corrected chi connectivity index (χ4v) is 3.40. The van der Waals surface area contributed by atoms with Crippen molar-refractivity contribution >= 4 is 5.97 Å². The predicted molar refractivity (Wildman–Crippen MR) is 72.1 cm³/mol. The van der Waals surface area contributed by atoms with Crippen LogP contribution in [0.3, 0.4) is 0 Å². The molecule has 3 heteroatoms. The fourth-order valence-electron chi connectivity index (χ4n) is 3.40. The summed E-state index contributed by atoms with van der Waals surface area (Å²) in [5, 5.41) is 8.72. The molecule has 1 aliphatic carbocycles. The second kappa shape index (κ2) is 7.13. The number of carbonyl (C=O) groups excluding carboxylic acids is 1. The highest BCUT2D eigenvalue weighted by atomic mass is 17.1. The molecule has 0 saturated heterocycles. The van der Waals surface area contributed by atoms with Crippen molar-refractivity contribution in [2.45, 2.75) is 72.1 Å². The maximum Gasteiger partial charge on any atom is 0.345 e. The summed E-state index contributed by atoms with van der Waals surface area (Å²) in [6.45, 7) is 6.45. The summed E-state index contributed by atoms with van der Waals surface area (Å²) in [5.41, 5.74) is -0.0740. The predicted octanol–water partition coefficient (Wildman–Crippen LogP) is 4.42. The van der Waals surface area contributed by atoms with Crippen LogP contribution in [0.4, 0.5) is 0 Å². The van der Waals surface area contributed by atoms with E-state index >= 15 is 0 Å². The minimum absolute atomic E-state index is 0.0740. The van der Waals surface area contributed by atoms with Crippen LogP contribution in [-0.4, -0.2) is 11.2 Å². The van der Waals surface area contributed by atoms with Gasteiger partial charge in [0.1, 0.15) is 0 Å². The van der Waals surface area contributed by atoms with E-state index in [1.54, 1.807) is 0 Å². The Morgan fingerprint density at radius 1 is 1.33 bits per heavy atom. The molecule has 1 fully saturated rings. The number of carbonyl (C=O) groups is 1. The van der Waals surface area contributed by atoms with E-state index in [9.17, 15) is 4.79 Å². The molecule has 0 aliphatic heterocycles. The third kappa shape index (κ3) is 3.71. The molecule has 0 radical (unpaired) electrons. The minimum Gasteiger partial charge on any atom is -0.301 e. The Hall–Kier alpha value is -0.570. The van der Waals surface area contributed by atoms with Gasteiger partial charge in [-0.3, -0.25) is 0 Å². The molecule has 1 N–H and O–H groups in total. The maximum absolute atomic E-state index is 11.8. The minimum atomic E-state index is -0.445. The molecule has 0 aromatic carbocycles. The quantitative estimate of drug-likeness (QED) is 0.565. The van der Waals surface area contributed by atoms with Crippen LogP contribution in [0.15, 0.2) is 0 Å². The smallest absolute Gasteiger partial charge is 0.301 e. The third-order valence-corrected chi connectivity index (χ3v) is 4.78. The van der Waals surface area contributed by atoms with Crippen LogP contribution in [-0.2, 0) is 9.68 Å². The van der Waals surface area contributed by atoms with Gasteiger partial charge in [-0.2, -0.15) is 5.26 Å². The summed E-state index contributed by atoms with van der Waals surface area (Å²) in [4.78, 5) is 15.9. The average molecular weight is 256 g/mol. The van der Waals surface area contributed by atoms with Crippen molar-refractivity contribution in [2.75, 3.05) is 0 Å². The van der Waals surface area contributed by atoms with E-state index in [-0.39, 0.29) is 11.3 Å². The highest BCUT2D eigenvalue weighted by Gasteiger charge is 2.42. The van der Waals surface area contributed by atoms with Crippen LogP contribution in [0.25, 0.3) is 0 Å². The van der Waals surface area contributed by atoms with E-state index in [1.165, 1.54) is 32.1 Å². The Morgan fingerprint density at radius 3 is 2.44 bits per heavy atom. The van der Waals surface area contributed by atoms with Crippen molar-refractivity contribution in [1.82, 2.24) is 0 Å². The van der Waals surface area contributed by atoms with Gasteiger partial charge in [-0.25, -0.2) is 4.79 Å². The molecule has 3 nitrogen and oxygen atoms in total. The molecule has 106 valence electrons. The van der Waals surface area contributed by atoms with Gasteiger partial charge in [-0.15, -0.1) is 0 Å². The molecule has 0 bridgehead atoms. The van der Waals surface area contributed by atoms with Crippen molar-refractivity contribution in [2.24, 2.45) is 17.3 Å². The molecule has 1 unspecified atom stereocenters. The van der Waals surface area contributed by atoms with E-state index in [0.717, 1.165) is 19.3 Å². The van der Waals surface area contributed by atoms with Gasteiger partial charge in [0, 0.05) is 0 Å². The van der Waals surface area contributed by atoms with E-state index in [4.69, 9.17) is 5.26 Å². The van der Waals surface area contributed by atoms with Crippen molar-refractivity contribution in [3.8, 4) is 0 Å². The van der Waals surface area contributed by atoms with Crippen LogP contribution >= 0.6 is 0 Å². The summed E-state index contributed by atoms with van der Waals surface area (Å²) in [5.74, 6) is -0.0446. The summed E-state index contributed by atoms with van der Waals surface area (Å²) in [6.07, 6.45) is 9.15. The zero-order valence-corrected chi connectivity index (χ0v) is 12.1. The van der Waals surface area contributed by atoms with Gasteiger partial charge in [-0.1, -0.05) is 52.9 Å². The zero-order chi connectivity index (χ0) is 13.6. The van der Waals surface area contributed by atoms with Crippen molar-refractivity contribution in [1.29, 1.82) is 0 Å². The van der Waals surface area contributed by atoms with Crippen molar-refractivity contribution in [3.63, 3.8) is 0 Å². The molecule has 0 heterocycles. The second-order valence-electron chi connectivity index (χ2n) is 6.26. The summed E-state index contributed by atoms with van der Waals surface area (Å²) < 4.78 is 0. The van der Waals surface area contributed by atoms with Crippen molar-refractivity contribution < 1.29 is 14.9 Å². The first-order chi connectivity index (χ1) is 8.54. The fraction of sp³-hybridized carbons (Fsp3) is 0.933. The van der Waals surface area contributed by atoms with E-state index in [0.29, 0.717) is 5.92 Å².